The third-order valence-corrected chi connectivity index (χ3v) is 3.16. The molecule has 4 nitrogen and oxygen atoms in total. The summed E-state index contributed by atoms with van der Waals surface area (Å²) in [5.74, 6) is -1.14. The first-order chi connectivity index (χ1) is 8.99. The molecule has 2 aromatic rings. The van der Waals surface area contributed by atoms with E-state index in [1.54, 1.807) is 12.1 Å². The molecule has 5 heteroatoms. The lowest BCUT2D eigenvalue weighted by molar-refractivity contribution is 0.0684. The highest BCUT2D eigenvalue weighted by Gasteiger charge is 2.12. The zero-order valence-corrected chi connectivity index (χ0v) is 11.0. The Kier molecular flexibility index (Phi) is 3.71. The lowest BCUT2D eigenvalue weighted by Crippen LogP contribution is -2.25. The van der Waals surface area contributed by atoms with E-state index < -0.39 is 5.97 Å². The maximum absolute atomic E-state index is 11.8. The minimum atomic E-state index is -1.14. The van der Waals surface area contributed by atoms with Crippen LogP contribution >= 0.6 is 11.6 Å². The smallest absolute Gasteiger partial charge is 0.352 e. The molecule has 0 aliphatic carbocycles. The first-order valence-electron chi connectivity index (χ1n) is 5.67. The molecule has 0 saturated carbocycles. The van der Waals surface area contributed by atoms with E-state index >= 15 is 0 Å². The van der Waals surface area contributed by atoms with Gasteiger partial charge in [0.25, 0.3) is 5.56 Å². The molecule has 98 valence electrons. The summed E-state index contributed by atoms with van der Waals surface area (Å²) in [5, 5.41) is 9.61. The fourth-order valence-corrected chi connectivity index (χ4v) is 2.12. The minimum absolute atomic E-state index is 0.0517. The molecule has 1 heterocycles. The molecule has 0 bridgehead atoms. The lowest BCUT2D eigenvalue weighted by atomic mass is 10.1. The van der Waals surface area contributed by atoms with Gasteiger partial charge in [0.05, 0.1) is 6.54 Å². The van der Waals surface area contributed by atoms with Crippen LogP contribution in [0.15, 0.2) is 41.2 Å². The average Bonchev–Trinajstić information content (AvgIpc) is 2.34. The third-order valence-electron chi connectivity index (χ3n) is 2.81. The van der Waals surface area contributed by atoms with Crippen molar-refractivity contribution in [3.8, 4) is 0 Å². The summed E-state index contributed by atoms with van der Waals surface area (Å²) in [6.07, 6.45) is 0. The van der Waals surface area contributed by atoms with Crippen molar-refractivity contribution in [1.82, 2.24) is 4.57 Å². The highest BCUT2D eigenvalue weighted by molar-refractivity contribution is 6.31. The molecule has 0 fully saturated rings. The molecule has 1 aromatic carbocycles. The van der Waals surface area contributed by atoms with Crippen molar-refractivity contribution in [2.24, 2.45) is 0 Å². The number of pyridine rings is 1. The number of nitrogens with zero attached hydrogens (tertiary/aromatic N) is 1. The van der Waals surface area contributed by atoms with E-state index in [1.807, 2.05) is 13.0 Å². The van der Waals surface area contributed by atoms with Gasteiger partial charge in [0, 0.05) is 11.1 Å². The molecule has 0 unspecified atom stereocenters. The van der Waals surface area contributed by atoms with Gasteiger partial charge in [-0.15, -0.1) is 0 Å². The summed E-state index contributed by atoms with van der Waals surface area (Å²) < 4.78 is 1.19. The number of hydrogen-bond donors (Lipinski definition) is 1. The number of hydrogen-bond acceptors (Lipinski definition) is 2. The van der Waals surface area contributed by atoms with Gasteiger partial charge in [0.1, 0.15) is 5.69 Å². The molecule has 0 amide bonds. The number of carboxylic acid groups (broad SMARTS) is 1. The fourth-order valence-electron chi connectivity index (χ4n) is 1.82. The van der Waals surface area contributed by atoms with Crippen LogP contribution in [0.1, 0.15) is 21.6 Å². The molecule has 1 aromatic heterocycles. The standard InChI is InChI=1S/C14H12ClNO3/c1-9-5-6-10(11(15)7-9)8-16-12(14(18)19)3-2-4-13(16)17/h2-7H,8H2,1H3,(H,18,19). The molecule has 0 spiro atoms. The van der Waals surface area contributed by atoms with Crippen LogP contribution in [0.4, 0.5) is 0 Å². The number of halogens is 1. The Balaban J connectivity index is 2.49. The van der Waals surface area contributed by atoms with Crippen LogP contribution in [0.25, 0.3) is 0 Å². The van der Waals surface area contributed by atoms with E-state index in [1.165, 1.54) is 22.8 Å². The molecule has 0 atom stereocenters. The molecule has 0 saturated heterocycles. The van der Waals surface area contributed by atoms with Gasteiger partial charge in [-0.05, 0) is 30.2 Å². The molecule has 0 radical (unpaired) electrons. The summed E-state index contributed by atoms with van der Waals surface area (Å²) in [6.45, 7) is 2.05. The minimum Gasteiger partial charge on any atom is -0.477 e. The number of benzene rings is 1. The molecule has 1 N–H and O–H groups in total. The van der Waals surface area contributed by atoms with Crippen molar-refractivity contribution in [1.29, 1.82) is 0 Å². The van der Waals surface area contributed by atoms with Crippen LogP contribution in [-0.2, 0) is 6.54 Å². The highest BCUT2D eigenvalue weighted by Crippen LogP contribution is 2.18. The van der Waals surface area contributed by atoms with Gasteiger partial charge in [-0.2, -0.15) is 0 Å². The van der Waals surface area contributed by atoms with E-state index in [9.17, 15) is 9.59 Å². The van der Waals surface area contributed by atoms with E-state index in [0.29, 0.717) is 10.6 Å². The van der Waals surface area contributed by atoms with Crippen LogP contribution in [-0.4, -0.2) is 15.6 Å². The van der Waals surface area contributed by atoms with Gasteiger partial charge < -0.3 is 5.11 Å². The van der Waals surface area contributed by atoms with Gasteiger partial charge in [-0.3, -0.25) is 9.36 Å². The SMILES string of the molecule is Cc1ccc(Cn2c(C(=O)O)cccc2=O)c(Cl)c1. The Bertz CT molecular complexity index is 691. The van der Waals surface area contributed by atoms with Crippen molar-refractivity contribution in [2.75, 3.05) is 0 Å². The lowest BCUT2D eigenvalue weighted by Gasteiger charge is -2.11. The topological polar surface area (TPSA) is 59.3 Å². The van der Waals surface area contributed by atoms with Crippen molar-refractivity contribution in [3.05, 3.63) is 68.6 Å². The predicted octanol–water partition coefficient (Wildman–Crippen LogP) is 2.56. The zero-order chi connectivity index (χ0) is 14.0. The van der Waals surface area contributed by atoms with Gasteiger partial charge in [-0.1, -0.05) is 29.8 Å². The normalized spacial score (nSPS) is 10.4. The molecule has 0 aliphatic heterocycles. The van der Waals surface area contributed by atoms with E-state index in [4.69, 9.17) is 16.7 Å². The van der Waals surface area contributed by atoms with E-state index in [2.05, 4.69) is 0 Å². The summed E-state index contributed by atoms with van der Waals surface area (Å²) in [7, 11) is 0. The second kappa shape index (κ2) is 5.28. The van der Waals surface area contributed by atoms with Gasteiger partial charge in [-0.25, -0.2) is 4.79 Å². The number of carbonyl (C=O) groups is 1. The maximum atomic E-state index is 11.8. The molecule has 0 aliphatic rings. The van der Waals surface area contributed by atoms with Crippen molar-refractivity contribution < 1.29 is 9.90 Å². The van der Waals surface area contributed by atoms with Crippen LogP contribution in [0.5, 0.6) is 0 Å². The van der Waals surface area contributed by atoms with Crippen LogP contribution in [0, 0.1) is 6.92 Å². The summed E-state index contributed by atoms with van der Waals surface area (Å²) in [4.78, 5) is 22.9. The fraction of sp³-hybridized carbons (Fsp3) is 0.143. The largest absolute Gasteiger partial charge is 0.477 e. The average molecular weight is 278 g/mol. The Morgan fingerprint density at radius 2 is 2.05 bits per heavy atom. The molecular formula is C14H12ClNO3. The number of aromatic carboxylic acids is 1. The van der Waals surface area contributed by atoms with Gasteiger partial charge in [0.2, 0.25) is 0 Å². The second-order valence-electron chi connectivity index (χ2n) is 4.24. The molecule has 19 heavy (non-hydrogen) atoms. The van der Waals surface area contributed by atoms with Crippen molar-refractivity contribution in [2.45, 2.75) is 13.5 Å². The Morgan fingerprint density at radius 1 is 1.32 bits per heavy atom. The highest BCUT2D eigenvalue weighted by atomic mass is 35.5. The number of aryl methyl sites for hydroxylation is 1. The number of rotatable bonds is 3. The summed E-state index contributed by atoms with van der Waals surface area (Å²) in [5.41, 5.74) is 1.30. The number of aromatic nitrogens is 1. The predicted molar refractivity (Wildman–Crippen MR) is 73.0 cm³/mol. The van der Waals surface area contributed by atoms with Gasteiger partial charge >= 0.3 is 5.97 Å². The van der Waals surface area contributed by atoms with Crippen LogP contribution in [0.3, 0.4) is 0 Å². The summed E-state index contributed by atoms with van der Waals surface area (Å²) >= 11 is 6.10. The van der Waals surface area contributed by atoms with Gasteiger partial charge in [0.15, 0.2) is 0 Å². The van der Waals surface area contributed by atoms with Crippen LogP contribution < -0.4 is 5.56 Å². The third kappa shape index (κ3) is 2.85. The first-order valence-corrected chi connectivity index (χ1v) is 6.05. The first kappa shape index (κ1) is 13.4. The number of carboxylic acids is 1. The quantitative estimate of drug-likeness (QED) is 0.938. The zero-order valence-electron chi connectivity index (χ0n) is 10.3. The Labute approximate surface area is 114 Å². The maximum Gasteiger partial charge on any atom is 0.352 e. The van der Waals surface area contributed by atoms with Crippen molar-refractivity contribution in [3.63, 3.8) is 0 Å². The van der Waals surface area contributed by atoms with E-state index in [-0.39, 0.29) is 17.8 Å². The monoisotopic (exact) mass is 277 g/mol. The molecular weight excluding hydrogens is 266 g/mol. The van der Waals surface area contributed by atoms with Crippen LogP contribution in [0.2, 0.25) is 5.02 Å². The van der Waals surface area contributed by atoms with Crippen molar-refractivity contribution >= 4 is 17.6 Å². The summed E-state index contributed by atoms with van der Waals surface area (Å²) in [6, 6.07) is 9.60. The van der Waals surface area contributed by atoms with E-state index in [0.717, 1.165) is 5.56 Å². The second-order valence-corrected chi connectivity index (χ2v) is 4.64. The Hall–Kier alpha value is -2.07. The Morgan fingerprint density at radius 3 is 2.68 bits per heavy atom. The molecule has 2 rings (SSSR count).